The molecule has 21 heavy (non-hydrogen) atoms. The molecule has 1 fully saturated rings. The van der Waals surface area contributed by atoms with Crippen molar-refractivity contribution in [1.29, 1.82) is 0 Å². The summed E-state index contributed by atoms with van der Waals surface area (Å²) in [6, 6.07) is 4.57. The maximum Gasteiger partial charge on any atom is 0.179 e. The SMILES string of the molecule is CCN1CCCC1CNCc1cc(Cl)c(OC)c(OC)c1. The number of ether oxygens (including phenoxy) is 2. The van der Waals surface area contributed by atoms with Crippen LogP contribution in [0.3, 0.4) is 0 Å². The summed E-state index contributed by atoms with van der Waals surface area (Å²) in [5, 5.41) is 4.11. The van der Waals surface area contributed by atoms with Crippen molar-refractivity contribution in [1.82, 2.24) is 10.2 Å². The van der Waals surface area contributed by atoms with E-state index < -0.39 is 0 Å². The zero-order chi connectivity index (χ0) is 15.2. The Morgan fingerprint density at radius 1 is 1.33 bits per heavy atom. The predicted molar refractivity (Wildman–Crippen MR) is 86.5 cm³/mol. The van der Waals surface area contributed by atoms with E-state index in [1.165, 1.54) is 19.4 Å². The Balaban J connectivity index is 1.92. The van der Waals surface area contributed by atoms with E-state index in [0.29, 0.717) is 22.6 Å². The zero-order valence-electron chi connectivity index (χ0n) is 13.1. The lowest BCUT2D eigenvalue weighted by Crippen LogP contribution is -2.37. The largest absolute Gasteiger partial charge is 0.493 e. The van der Waals surface area contributed by atoms with Crippen molar-refractivity contribution in [2.75, 3.05) is 33.9 Å². The van der Waals surface area contributed by atoms with Crippen LogP contribution in [-0.2, 0) is 6.54 Å². The number of hydrogen-bond donors (Lipinski definition) is 1. The highest BCUT2D eigenvalue weighted by Gasteiger charge is 2.22. The smallest absolute Gasteiger partial charge is 0.179 e. The van der Waals surface area contributed by atoms with E-state index in [1.807, 2.05) is 12.1 Å². The molecule has 1 heterocycles. The van der Waals surface area contributed by atoms with Gasteiger partial charge in [0.1, 0.15) is 0 Å². The average Bonchev–Trinajstić information content (AvgIpc) is 2.94. The van der Waals surface area contributed by atoms with Crippen molar-refractivity contribution in [2.45, 2.75) is 32.4 Å². The Bertz CT molecular complexity index is 468. The molecule has 0 aliphatic carbocycles. The number of likely N-dealkylation sites (N-methyl/N-ethyl adjacent to an activating group) is 1. The fraction of sp³-hybridized carbons (Fsp3) is 0.625. The lowest BCUT2D eigenvalue weighted by Gasteiger charge is -2.23. The third kappa shape index (κ3) is 4.02. The molecule has 1 aliphatic rings. The van der Waals surface area contributed by atoms with Gasteiger partial charge in [0.2, 0.25) is 0 Å². The van der Waals surface area contributed by atoms with Gasteiger partial charge in [0.15, 0.2) is 11.5 Å². The van der Waals surface area contributed by atoms with Crippen LogP contribution in [0.4, 0.5) is 0 Å². The van der Waals surface area contributed by atoms with E-state index >= 15 is 0 Å². The molecule has 1 aliphatic heterocycles. The molecule has 1 atom stereocenters. The molecule has 5 heteroatoms. The molecule has 0 aromatic heterocycles. The summed E-state index contributed by atoms with van der Waals surface area (Å²) in [4.78, 5) is 2.54. The first kappa shape index (κ1) is 16.4. The van der Waals surface area contributed by atoms with Gasteiger partial charge in [-0.2, -0.15) is 0 Å². The van der Waals surface area contributed by atoms with Gasteiger partial charge in [-0.3, -0.25) is 4.90 Å². The van der Waals surface area contributed by atoms with Crippen molar-refractivity contribution in [3.05, 3.63) is 22.7 Å². The summed E-state index contributed by atoms with van der Waals surface area (Å²) >= 11 is 6.22. The predicted octanol–water partition coefficient (Wildman–Crippen LogP) is 2.93. The van der Waals surface area contributed by atoms with Crippen molar-refractivity contribution in [3.8, 4) is 11.5 Å². The first-order chi connectivity index (χ1) is 10.2. The molecule has 0 amide bonds. The summed E-state index contributed by atoms with van der Waals surface area (Å²) in [5.41, 5.74) is 1.11. The lowest BCUT2D eigenvalue weighted by molar-refractivity contribution is 0.260. The third-order valence-corrected chi connectivity index (χ3v) is 4.39. The minimum Gasteiger partial charge on any atom is -0.493 e. The molecule has 118 valence electrons. The van der Waals surface area contributed by atoms with Gasteiger partial charge in [-0.1, -0.05) is 18.5 Å². The molecule has 1 unspecified atom stereocenters. The van der Waals surface area contributed by atoms with Gasteiger partial charge < -0.3 is 14.8 Å². The van der Waals surface area contributed by atoms with Gasteiger partial charge in [0.25, 0.3) is 0 Å². The van der Waals surface area contributed by atoms with Crippen LogP contribution >= 0.6 is 11.6 Å². The van der Waals surface area contributed by atoms with Gasteiger partial charge in [-0.25, -0.2) is 0 Å². The highest BCUT2D eigenvalue weighted by molar-refractivity contribution is 6.32. The minimum atomic E-state index is 0.588. The molecule has 4 nitrogen and oxygen atoms in total. The third-order valence-electron chi connectivity index (χ3n) is 4.11. The van der Waals surface area contributed by atoms with Gasteiger partial charge >= 0.3 is 0 Å². The van der Waals surface area contributed by atoms with Gasteiger partial charge in [0, 0.05) is 19.1 Å². The van der Waals surface area contributed by atoms with Crippen LogP contribution in [0.2, 0.25) is 5.02 Å². The van der Waals surface area contributed by atoms with Gasteiger partial charge in [0.05, 0.1) is 19.2 Å². The van der Waals surface area contributed by atoms with Crippen LogP contribution in [0, 0.1) is 0 Å². The van der Waals surface area contributed by atoms with E-state index in [2.05, 4.69) is 17.1 Å². The summed E-state index contributed by atoms with van der Waals surface area (Å²) in [5.74, 6) is 1.27. The average molecular weight is 313 g/mol. The van der Waals surface area contributed by atoms with Gasteiger partial charge in [-0.05, 0) is 43.6 Å². The van der Waals surface area contributed by atoms with E-state index in [1.54, 1.807) is 14.2 Å². The maximum absolute atomic E-state index is 6.22. The Labute approximate surface area is 132 Å². The number of likely N-dealkylation sites (tertiary alicyclic amines) is 1. The Hall–Kier alpha value is -0.970. The summed E-state index contributed by atoms with van der Waals surface area (Å²) in [6.07, 6.45) is 2.59. The first-order valence-electron chi connectivity index (χ1n) is 7.54. The number of nitrogens with one attached hydrogen (secondary N) is 1. The molecule has 1 saturated heterocycles. The summed E-state index contributed by atoms with van der Waals surface area (Å²) in [6.45, 7) is 6.39. The quantitative estimate of drug-likeness (QED) is 0.839. The van der Waals surface area contributed by atoms with Crippen molar-refractivity contribution >= 4 is 11.6 Å². The molecule has 2 rings (SSSR count). The Kier molecular flexibility index (Phi) is 6.15. The fourth-order valence-electron chi connectivity index (χ4n) is 3.00. The van der Waals surface area contributed by atoms with Crippen LogP contribution in [0.1, 0.15) is 25.3 Å². The van der Waals surface area contributed by atoms with Crippen LogP contribution in [0.25, 0.3) is 0 Å². The fourth-order valence-corrected chi connectivity index (χ4v) is 3.31. The van der Waals surface area contributed by atoms with E-state index in [-0.39, 0.29) is 0 Å². The lowest BCUT2D eigenvalue weighted by atomic mass is 10.1. The second-order valence-electron chi connectivity index (χ2n) is 5.37. The molecular formula is C16H25ClN2O2. The highest BCUT2D eigenvalue weighted by Crippen LogP contribution is 2.35. The monoisotopic (exact) mass is 312 g/mol. The molecule has 1 N–H and O–H groups in total. The molecule has 0 spiro atoms. The van der Waals surface area contributed by atoms with Crippen molar-refractivity contribution in [2.24, 2.45) is 0 Å². The Morgan fingerprint density at radius 3 is 2.81 bits per heavy atom. The zero-order valence-corrected chi connectivity index (χ0v) is 13.9. The normalized spacial score (nSPS) is 19.0. The second kappa shape index (κ2) is 7.87. The highest BCUT2D eigenvalue weighted by atomic mass is 35.5. The van der Waals surface area contributed by atoms with Crippen molar-refractivity contribution < 1.29 is 9.47 Å². The molecule has 0 bridgehead atoms. The summed E-state index contributed by atoms with van der Waals surface area (Å²) in [7, 11) is 3.23. The molecule has 0 saturated carbocycles. The van der Waals surface area contributed by atoms with Crippen LogP contribution < -0.4 is 14.8 Å². The van der Waals surface area contributed by atoms with E-state index in [0.717, 1.165) is 25.2 Å². The van der Waals surface area contributed by atoms with E-state index in [4.69, 9.17) is 21.1 Å². The molecular weight excluding hydrogens is 288 g/mol. The van der Waals surface area contributed by atoms with Crippen LogP contribution in [0.5, 0.6) is 11.5 Å². The number of methoxy groups -OCH3 is 2. The maximum atomic E-state index is 6.22. The van der Waals surface area contributed by atoms with Crippen molar-refractivity contribution in [3.63, 3.8) is 0 Å². The number of benzene rings is 1. The topological polar surface area (TPSA) is 33.7 Å². The minimum absolute atomic E-state index is 0.588. The van der Waals surface area contributed by atoms with E-state index in [9.17, 15) is 0 Å². The van der Waals surface area contributed by atoms with Crippen LogP contribution in [0.15, 0.2) is 12.1 Å². The molecule has 0 radical (unpaired) electrons. The number of nitrogens with zero attached hydrogens (tertiary/aromatic N) is 1. The van der Waals surface area contributed by atoms with Crippen LogP contribution in [-0.4, -0.2) is 44.8 Å². The number of halogens is 1. The standard InChI is InChI=1S/C16H25ClN2O2/c1-4-19-7-5-6-13(19)11-18-10-12-8-14(17)16(21-3)15(9-12)20-2/h8-9,13,18H,4-7,10-11H2,1-3H3. The molecule has 1 aromatic carbocycles. The number of hydrogen-bond acceptors (Lipinski definition) is 4. The Morgan fingerprint density at radius 2 is 2.14 bits per heavy atom. The van der Waals surface area contributed by atoms with Gasteiger partial charge in [-0.15, -0.1) is 0 Å². The second-order valence-corrected chi connectivity index (χ2v) is 5.78. The molecule has 1 aromatic rings. The first-order valence-corrected chi connectivity index (χ1v) is 7.92. The number of rotatable bonds is 7. The summed E-state index contributed by atoms with van der Waals surface area (Å²) < 4.78 is 10.6.